The molecule has 8 atom stereocenters. The highest BCUT2D eigenvalue weighted by Crippen LogP contribution is 2.66. The molecule has 4 heteroatoms. The summed E-state index contributed by atoms with van der Waals surface area (Å²) in [5, 5.41) is 21.2. The van der Waals surface area contributed by atoms with Crippen molar-refractivity contribution in [3.8, 4) is 0 Å². The smallest absolute Gasteiger partial charge is 0.160 e. The quantitative estimate of drug-likeness (QED) is 0.755. The van der Waals surface area contributed by atoms with E-state index in [1.54, 1.807) is 5.57 Å². The third-order valence-corrected chi connectivity index (χ3v) is 9.43. The van der Waals surface area contributed by atoms with E-state index in [-0.39, 0.29) is 17.1 Å². The van der Waals surface area contributed by atoms with E-state index in [0.29, 0.717) is 36.5 Å². The second-order valence-corrected chi connectivity index (χ2v) is 10.6. The summed E-state index contributed by atoms with van der Waals surface area (Å²) in [6.07, 6.45) is 9.76. The monoisotopic (exact) mass is 388 g/mol. The molecule has 2 N–H and O–H groups in total. The van der Waals surface area contributed by atoms with E-state index in [1.165, 1.54) is 24.8 Å². The first-order chi connectivity index (χ1) is 13.4. The van der Waals surface area contributed by atoms with Gasteiger partial charge >= 0.3 is 0 Å². The lowest BCUT2D eigenvalue weighted by molar-refractivity contribution is -0.113. The zero-order valence-corrected chi connectivity index (χ0v) is 17.6. The van der Waals surface area contributed by atoms with Crippen LogP contribution in [0.25, 0.3) is 0 Å². The van der Waals surface area contributed by atoms with Crippen molar-refractivity contribution in [3.63, 3.8) is 0 Å². The van der Waals surface area contributed by atoms with Crippen LogP contribution in [0.3, 0.4) is 0 Å². The number of aliphatic hydroxyl groups is 2. The van der Waals surface area contributed by atoms with Gasteiger partial charge in [-0.3, -0.25) is 0 Å². The molecule has 0 bridgehead atoms. The van der Waals surface area contributed by atoms with E-state index in [2.05, 4.69) is 32.9 Å². The summed E-state index contributed by atoms with van der Waals surface area (Å²) in [4.78, 5) is 0. The Morgan fingerprint density at radius 3 is 2.54 bits per heavy atom. The summed E-state index contributed by atoms with van der Waals surface area (Å²) < 4.78 is 11.7. The lowest BCUT2D eigenvalue weighted by Crippen LogP contribution is -2.52. The molecule has 3 unspecified atom stereocenters. The van der Waals surface area contributed by atoms with Gasteiger partial charge in [-0.2, -0.15) is 0 Å². The fraction of sp³-hybridized carbons (Fsp3) is 0.833. The van der Waals surface area contributed by atoms with Gasteiger partial charge in [0.25, 0.3) is 0 Å². The van der Waals surface area contributed by atoms with Crippen LogP contribution in [0.2, 0.25) is 0 Å². The van der Waals surface area contributed by atoms with Crippen LogP contribution in [-0.4, -0.2) is 41.9 Å². The molecular weight excluding hydrogens is 352 g/mol. The van der Waals surface area contributed by atoms with Crippen LogP contribution in [0.5, 0.6) is 0 Å². The zero-order valence-electron chi connectivity index (χ0n) is 17.6. The Labute approximate surface area is 169 Å². The molecule has 0 amide bonds. The summed E-state index contributed by atoms with van der Waals surface area (Å²) >= 11 is 0. The predicted molar refractivity (Wildman–Crippen MR) is 107 cm³/mol. The number of rotatable bonds is 2. The normalized spacial score (nSPS) is 49.7. The van der Waals surface area contributed by atoms with Crippen LogP contribution in [0.4, 0.5) is 0 Å². The SMILES string of the molecule is CC(C1OCCO1)[C@H]1CC[C@H]2C3=CC=C4CC(O)CC(O)[C@]4(C)[C@H]3CC[C@]12C. The Morgan fingerprint density at radius 1 is 1.04 bits per heavy atom. The van der Waals surface area contributed by atoms with Crippen LogP contribution >= 0.6 is 0 Å². The van der Waals surface area contributed by atoms with Crippen molar-refractivity contribution in [1.29, 1.82) is 0 Å². The summed E-state index contributed by atoms with van der Waals surface area (Å²) in [7, 11) is 0. The highest BCUT2D eigenvalue weighted by atomic mass is 16.7. The number of hydrogen-bond donors (Lipinski definition) is 2. The van der Waals surface area contributed by atoms with Crippen LogP contribution in [0, 0.1) is 34.5 Å². The Kier molecular flexibility index (Phi) is 4.59. The predicted octanol–water partition coefficient (Wildman–Crippen LogP) is 3.83. The number of allylic oxidation sites excluding steroid dienone is 3. The molecule has 1 saturated heterocycles. The van der Waals surface area contributed by atoms with Gasteiger partial charge < -0.3 is 19.7 Å². The highest BCUT2D eigenvalue weighted by molar-refractivity contribution is 5.40. The molecule has 4 fully saturated rings. The van der Waals surface area contributed by atoms with Crippen molar-refractivity contribution in [2.45, 2.75) is 77.8 Å². The first-order valence-electron chi connectivity index (χ1n) is 11.4. The third kappa shape index (κ3) is 2.57. The Morgan fingerprint density at radius 2 is 1.79 bits per heavy atom. The molecule has 3 saturated carbocycles. The Balaban J connectivity index is 1.46. The maximum Gasteiger partial charge on any atom is 0.160 e. The van der Waals surface area contributed by atoms with Crippen molar-refractivity contribution < 1.29 is 19.7 Å². The van der Waals surface area contributed by atoms with E-state index in [9.17, 15) is 10.2 Å². The number of ether oxygens (including phenoxy) is 2. The average molecular weight is 389 g/mol. The number of aliphatic hydroxyl groups excluding tert-OH is 2. The molecule has 4 nitrogen and oxygen atoms in total. The molecule has 156 valence electrons. The summed E-state index contributed by atoms with van der Waals surface area (Å²) in [5.41, 5.74) is 2.91. The van der Waals surface area contributed by atoms with E-state index in [4.69, 9.17) is 9.47 Å². The van der Waals surface area contributed by atoms with Gasteiger partial charge in [0.05, 0.1) is 25.4 Å². The van der Waals surface area contributed by atoms with Gasteiger partial charge in [-0.05, 0) is 55.3 Å². The zero-order chi connectivity index (χ0) is 19.7. The first kappa shape index (κ1) is 19.3. The van der Waals surface area contributed by atoms with E-state index in [1.807, 2.05) is 0 Å². The van der Waals surface area contributed by atoms with E-state index < -0.39 is 12.2 Å². The van der Waals surface area contributed by atoms with Crippen LogP contribution in [0.15, 0.2) is 23.3 Å². The molecule has 5 rings (SSSR count). The topological polar surface area (TPSA) is 58.9 Å². The second kappa shape index (κ2) is 6.66. The van der Waals surface area contributed by atoms with Gasteiger partial charge in [-0.1, -0.05) is 44.1 Å². The van der Waals surface area contributed by atoms with E-state index in [0.717, 1.165) is 19.6 Å². The van der Waals surface area contributed by atoms with Gasteiger partial charge in [0.15, 0.2) is 6.29 Å². The molecule has 1 aliphatic heterocycles. The lowest BCUT2D eigenvalue weighted by Gasteiger charge is -2.56. The van der Waals surface area contributed by atoms with Crippen molar-refractivity contribution in [2.75, 3.05) is 13.2 Å². The minimum Gasteiger partial charge on any atom is -0.393 e. The maximum atomic E-state index is 11.0. The van der Waals surface area contributed by atoms with Crippen molar-refractivity contribution in [2.24, 2.45) is 34.5 Å². The summed E-state index contributed by atoms with van der Waals surface area (Å²) in [5.74, 6) is 2.06. The van der Waals surface area contributed by atoms with Gasteiger partial charge in [-0.15, -0.1) is 0 Å². The summed E-state index contributed by atoms with van der Waals surface area (Å²) in [6, 6.07) is 0. The molecule has 0 radical (unpaired) electrons. The largest absolute Gasteiger partial charge is 0.393 e. The summed E-state index contributed by atoms with van der Waals surface area (Å²) in [6.45, 7) is 8.53. The van der Waals surface area contributed by atoms with Gasteiger partial charge in [0.2, 0.25) is 0 Å². The minimum absolute atomic E-state index is 0.0377. The molecule has 4 aliphatic carbocycles. The Hall–Kier alpha value is -0.680. The number of hydrogen-bond acceptors (Lipinski definition) is 4. The fourth-order valence-electron chi connectivity index (χ4n) is 7.82. The molecule has 0 spiro atoms. The average Bonchev–Trinajstić information content (AvgIpc) is 3.30. The lowest BCUT2D eigenvalue weighted by atomic mass is 9.49. The highest BCUT2D eigenvalue weighted by Gasteiger charge is 2.59. The molecule has 0 aromatic heterocycles. The first-order valence-corrected chi connectivity index (χ1v) is 11.4. The van der Waals surface area contributed by atoms with Crippen molar-refractivity contribution in [3.05, 3.63) is 23.3 Å². The van der Waals surface area contributed by atoms with E-state index >= 15 is 0 Å². The molecule has 28 heavy (non-hydrogen) atoms. The minimum atomic E-state index is -0.447. The van der Waals surface area contributed by atoms with Crippen molar-refractivity contribution in [1.82, 2.24) is 0 Å². The Bertz CT molecular complexity index is 693. The molecule has 5 aliphatic rings. The van der Waals surface area contributed by atoms with Crippen LogP contribution < -0.4 is 0 Å². The van der Waals surface area contributed by atoms with Gasteiger partial charge in [0.1, 0.15) is 0 Å². The van der Waals surface area contributed by atoms with Gasteiger partial charge in [-0.25, -0.2) is 0 Å². The molecular formula is C24H36O4. The molecule has 0 aromatic carbocycles. The second-order valence-electron chi connectivity index (χ2n) is 10.6. The molecule has 1 heterocycles. The van der Waals surface area contributed by atoms with Crippen molar-refractivity contribution >= 4 is 0 Å². The third-order valence-electron chi connectivity index (χ3n) is 9.43. The van der Waals surface area contributed by atoms with Crippen LogP contribution in [-0.2, 0) is 9.47 Å². The van der Waals surface area contributed by atoms with Gasteiger partial charge in [0, 0.05) is 17.8 Å². The van der Waals surface area contributed by atoms with Crippen LogP contribution in [0.1, 0.15) is 59.3 Å². The standard InChI is InChI=1S/C24H36O4/c1-14(22-27-10-11-28-22)18-6-7-19-17-5-4-15-12-16(25)13-21(26)24(15,3)20(17)8-9-23(18,19)2/h4-5,14,16,18-22,25-26H,6-13H2,1-3H3/t14?,16?,18-,19+,20+,21?,23-,24+/m1/s1. The fourth-order valence-corrected chi connectivity index (χ4v) is 7.82. The molecule has 0 aromatic rings. The maximum absolute atomic E-state index is 11.0. The number of fused-ring (bicyclic) bond motifs is 5.